The summed E-state index contributed by atoms with van der Waals surface area (Å²) in [6, 6.07) is 0. The number of Topliss-reactive ketones (excluding diaryl/α,β-unsaturated/α-hetero) is 1. The summed E-state index contributed by atoms with van der Waals surface area (Å²) in [6.45, 7) is 1.94. The largest absolute Gasteiger partial charge is 0.291 e. The predicted octanol–water partition coefficient (Wildman–Crippen LogP) is 0.854. The first-order valence-corrected chi connectivity index (χ1v) is 3.49. The summed E-state index contributed by atoms with van der Waals surface area (Å²) in [6.07, 6.45) is 3.99. The van der Waals surface area contributed by atoms with Crippen molar-refractivity contribution in [2.24, 2.45) is 0 Å². The van der Waals surface area contributed by atoms with Crippen LogP contribution < -0.4 is 0 Å². The van der Waals surface area contributed by atoms with Crippen molar-refractivity contribution in [3.8, 4) is 0 Å². The zero-order chi connectivity index (χ0) is 8.10. The first-order valence-electron chi connectivity index (χ1n) is 3.49. The van der Waals surface area contributed by atoms with Crippen molar-refractivity contribution in [3.05, 3.63) is 18.5 Å². The molecule has 0 saturated carbocycles. The average molecular weight is 151 g/mol. The van der Waals surface area contributed by atoms with E-state index in [0.717, 1.165) is 6.42 Å². The van der Waals surface area contributed by atoms with E-state index in [1.165, 1.54) is 12.7 Å². The van der Waals surface area contributed by atoms with Crippen LogP contribution in [-0.2, 0) is 0 Å². The van der Waals surface area contributed by atoms with Crippen molar-refractivity contribution in [2.75, 3.05) is 0 Å². The molecule has 1 rings (SSSR count). The standard InChI is InChI=1S/C7H9N3O/c1-2-3-6(11)7-9-4-8-5-10-7/h4-5H,2-3H2,1H3. The number of carbonyl (C=O) groups is 1. The second kappa shape index (κ2) is 3.75. The molecule has 0 aliphatic heterocycles. The minimum absolute atomic E-state index is 0.0186. The van der Waals surface area contributed by atoms with Crippen LogP contribution in [0.3, 0.4) is 0 Å². The number of carbonyl (C=O) groups excluding carboxylic acids is 1. The summed E-state index contributed by atoms with van der Waals surface area (Å²) in [4.78, 5) is 22.2. The first kappa shape index (κ1) is 7.78. The highest BCUT2D eigenvalue weighted by molar-refractivity contribution is 5.92. The van der Waals surface area contributed by atoms with Crippen LogP contribution in [0.4, 0.5) is 0 Å². The van der Waals surface area contributed by atoms with Crippen molar-refractivity contribution in [2.45, 2.75) is 19.8 Å². The van der Waals surface area contributed by atoms with Crippen LogP contribution in [0.15, 0.2) is 12.7 Å². The molecule has 1 aromatic rings. The normalized spacial score (nSPS) is 9.55. The van der Waals surface area contributed by atoms with Crippen molar-refractivity contribution in [1.82, 2.24) is 15.0 Å². The van der Waals surface area contributed by atoms with Gasteiger partial charge in [0.05, 0.1) is 0 Å². The van der Waals surface area contributed by atoms with Gasteiger partial charge in [0, 0.05) is 6.42 Å². The highest BCUT2D eigenvalue weighted by atomic mass is 16.1. The van der Waals surface area contributed by atoms with Gasteiger partial charge in [-0.25, -0.2) is 15.0 Å². The van der Waals surface area contributed by atoms with Crippen LogP contribution in [0.1, 0.15) is 30.4 Å². The third-order valence-electron chi connectivity index (χ3n) is 1.22. The molecular formula is C7H9N3O. The lowest BCUT2D eigenvalue weighted by Gasteiger charge is -1.93. The number of aromatic nitrogens is 3. The average Bonchev–Trinajstić information content (AvgIpc) is 2.07. The smallest absolute Gasteiger partial charge is 0.200 e. The lowest BCUT2D eigenvalue weighted by molar-refractivity contribution is 0.0971. The van der Waals surface area contributed by atoms with Gasteiger partial charge in [-0.3, -0.25) is 4.79 Å². The summed E-state index contributed by atoms with van der Waals surface area (Å²) in [5.41, 5.74) is 0. The number of hydrogen-bond acceptors (Lipinski definition) is 4. The molecule has 0 aliphatic rings. The predicted molar refractivity (Wildman–Crippen MR) is 39.1 cm³/mol. The number of ketones is 1. The van der Waals surface area contributed by atoms with Crippen molar-refractivity contribution in [1.29, 1.82) is 0 Å². The number of hydrogen-bond donors (Lipinski definition) is 0. The SMILES string of the molecule is CCCC(=O)c1ncncn1. The summed E-state index contributed by atoms with van der Waals surface area (Å²) >= 11 is 0. The summed E-state index contributed by atoms with van der Waals surface area (Å²) < 4.78 is 0. The van der Waals surface area contributed by atoms with Crippen LogP contribution in [0.5, 0.6) is 0 Å². The van der Waals surface area contributed by atoms with Gasteiger partial charge in [0.25, 0.3) is 0 Å². The van der Waals surface area contributed by atoms with Gasteiger partial charge in [0.1, 0.15) is 12.7 Å². The fourth-order valence-corrected chi connectivity index (χ4v) is 0.722. The highest BCUT2D eigenvalue weighted by Crippen LogP contribution is 1.96. The van der Waals surface area contributed by atoms with Gasteiger partial charge in [0.15, 0.2) is 11.6 Å². The topological polar surface area (TPSA) is 55.7 Å². The van der Waals surface area contributed by atoms with E-state index in [2.05, 4.69) is 15.0 Å². The van der Waals surface area contributed by atoms with Crippen molar-refractivity contribution in [3.63, 3.8) is 0 Å². The lowest BCUT2D eigenvalue weighted by Crippen LogP contribution is -2.04. The Hall–Kier alpha value is -1.32. The van der Waals surface area contributed by atoms with Crippen LogP contribution in [0.25, 0.3) is 0 Å². The number of rotatable bonds is 3. The van der Waals surface area contributed by atoms with Crippen LogP contribution in [0, 0.1) is 0 Å². The molecule has 0 fully saturated rings. The molecule has 4 nitrogen and oxygen atoms in total. The maximum Gasteiger partial charge on any atom is 0.200 e. The van der Waals surface area contributed by atoms with Gasteiger partial charge in [-0.15, -0.1) is 0 Å². The zero-order valence-electron chi connectivity index (χ0n) is 6.32. The van der Waals surface area contributed by atoms with E-state index in [1.54, 1.807) is 0 Å². The third-order valence-corrected chi connectivity index (χ3v) is 1.22. The fourth-order valence-electron chi connectivity index (χ4n) is 0.722. The Bertz CT molecular complexity index is 235. The molecule has 0 radical (unpaired) electrons. The van der Waals surface area contributed by atoms with E-state index >= 15 is 0 Å². The van der Waals surface area contributed by atoms with Crippen molar-refractivity contribution >= 4 is 5.78 Å². The van der Waals surface area contributed by atoms with Gasteiger partial charge in [-0.05, 0) is 6.42 Å². The van der Waals surface area contributed by atoms with Crippen molar-refractivity contribution < 1.29 is 4.79 Å². The van der Waals surface area contributed by atoms with Crippen LogP contribution in [0.2, 0.25) is 0 Å². The molecule has 0 aliphatic carbocycles. The van der Waals surface area contributed by atoms with E-state index < -0.39 is 0 Å². The minimum atomic E-state index is -0.0186. The Morgan fingerprint density at radius 3 is 2.64 bits per heavy atom. The molecule has 1 aromatic heterocycles. The zero-order valence-corrected chi connectivity index (χ0v) is 6.32. The van der Waals surface area contributed by atoms with E-state index in [0.29, 0.717) is 6.42 Å². The Morgan fingerprint density at radius 2 is 2.09 bits per heavy atom. The summed E-state index contributed by atoms with van der Waals surface area (Å²) in [5, 5.41) is 0. The molecule has 58 valence electrons. The Kier molecular flexibility index (Phi) is 2.66. The maximum atomic E-state index is 11.1. The molecule has 0 unspecified atom stereocenters. The van der Waals surface area contributed by atoms with Gasteiger partial charge >= 0.3 is 0 Å². The van der Waals surface area contributed by atoms with E-state index in [4.69, 9.17) is 0 Å². The van der Waals surface area contributed by atoms with E-state index in [1.807, 2.05) is 6.92 Å². The van der Waals surface area contributed by atoms with E-state index in [9.17, 15) is 4.79 Å². The summed E-state index contributed by atoms with van der Waals surface area (Å²) in [5.74, 6) is 0.247. The molecule has 0 aromatic carbocycles. The minimum Gasteiger partial charge on any atom is -0.291 e. The quantitative estimate of drug-likeness (QED) is 0.601. The molecule has 0 N–H and O–H groups in total. The van der Waals surface area contributed by atoms with Gasteiger partial charge in [-0.1, -0.05) is 6.92 Å². The van der Waals surface area contributed by atoms with Gasteiger partial charge in [-0.2, -0.15) is 0 Å². The molecule has 4 heteroatoms. The molecule has 0 spiro atoms. The third kappa shape index (κ3) is 2.07. The Labute approximate surface area is 64.7 Å². The number of nitrogens with zero attached hydrogens (tertiary/aromatic N) is 3. The highest BCUT2D eigenvalue weighted by Gasteiger charge is 2.05. The molecule has 0 atom stereocenters. The van der Waals surface area contributed by atoms with Gasteiger partial charge < -0.3 is 0 Å². The lowest BCUT2D eigenvalue weighted by atomic mass is 10.2. The van der Waals surface area contributed by atoms with E-state index in [-0.39, 0.29) is 11.6 Å². The Balaban J connectivity index is 2.69. The Morgan fingerprint density at radius 1 is 1.45 bits per heavy atom. The molecule has 0 saturated heterocycles. The van der Waals surface area contributed by atoms with Gasteiger partial charge in [0.2, 0.25) is 0 Å². The van der Waals surface area contributed by atoms with Crippen LogP contribution in [-0.4, -0.2) is 20.7 Å². The maximum absolute atomic E-state index is 11.1. The summed E-state index contributed by atoms with van der Waals surface area (Å²) in [7, 11) is 0. The monoisotopic (exact) mass is 151 g/mol. The molecule has 1 heterocycles. The second-order valence-electron chi connectivity index (χ2n) is 2.13. The molecule has 0 amide bonds. The second-order valence-corrected chi connectivity index (χ2v) is 2.13. The molecular weight excluding hydrogens is 142 g/mol. The molecule has 11 heavy (non-hydrogen) atoms. The fraction of sp³-hybridized carbons (Fsp3) is 0.429. The van der Waals surface area contributed by atoms with Crippen LogP contribution >= 0.6 is 0 Å². The molecule has 0 bridgehead atoms. The first-order chi connectivity index (χ1) is 5.34.